The van der Waals surface area contributed by atoms with Gasteiger partial charge in [-0.25, -0.2) is 0 Å². The lowest BCUT2D eigenvalue weighted by molar-refractivity contribution is -0.178. The largest absolute Gasteiger partial charge is 0.448 e. The van der Waals surface area contributed by atoms with Crippen molar-refractivity contribution in [3.63, 3.8) is 0 Å². The Morgan fingerprint density at radius 2 is 1.65 bits per heavy atom. The average Bonchev–Trinajstić information content (AvgIpc) is 3.60. The van der Waals surface area contributed by atoms with Gasteiger partial charge >= 0.3 is 12.1 Å². The van der Waals surface area contributed by atoms with Crippen molar-refractivity contribution < 1.29 is 42.5 Å². The predicted molar refractivity (Wildman–Crippen MR) is 210 cm³/mol. The zero-order valence-corrected chi connectivity index (χ0v) is 33.5. The van der Waals surface area contributed by atoms with Gasteiger partial charge < -0.3 is 19.8 Å². The second-order valence-electron chi connectivity index (χ2n) is 18.2. The number of hydrogen-bond donors (Lipinski definition) is 2. The van der Waals surface area contributed by atoms with Gasteiger partial charge in [0.25, 0.3) is 5.91 Å². The summed E-state index contributed by atoms with van der Waals surface area (Å²) < 4.78 is 47.6. The Balaban J connectivity index is 1.33. The number of esters is 1. The molecule has 6 atom stereocenters. The van der Waals surface area contributed by atoms with Gasteiger partial charge in [-0.05, 0) is 112 Å². The van der Waals surface area contributed by atoms with Gasteiger partial charge in [0.2, 0.25) is 0 Å². The molecular weight excluding hydrogens is 732 g/mol. The molecule has 304 valence electrons. The van der Waals surface area contributed by atoms with Crippen LogP contribution >= 0.6 is 0 Å². The van der Waals surface area contributed by atoms with E-state index in [4.69, 9.17) is 4.74 Å². The molecule has 1 heterocycles. The molecular formula is C47H54F3NO6. The summed E-state index contributed by atoms with van der Waals surface area (Å²) in [5, 5.41) is 24.2. The van der Waals surface area contributed by atoms with Crippen molar-refractivity contribution in [1.82, 2.24) is 4.90 Å². The van der Waals surface area contributed by atoms with E-state index >= 15 is 4.79 Å². The number of benzene rings is 3. The number of alkyl halides is 3. The van der Waals surface area contributed by atoms with Crippen LogP contribution in [0.2, 0.25) is 0 Å². The number of nitrogens with zero attached hydrogens (tertiary/aromatic N) is 1. The maximum atomic E-state index is 15.2. The number of allylic oxidation sites excluding steroid dienone is 2. The normalized spacial score (nSPS) is 31.0. The second kappa shape index (κ2) is 14.5. The van der Waals surface area contributed by atoms with Crippen molar-refractivity contribution >= 4 is 17.7 Å². The van der Waals surface area contributed by atoms with Gasteiger partial charge in [-0.15, -0.1) is 0 Å². The number of ether oxygens (including phenoxy) is 1. The first-order valence-corrected chi connectivity index (χ1v) is 20.2. The Morgan fingerprint density at radius 3 is 2.32 bits per heavy atom. The summed E-state index contributed by atoms with van der Waals surface area (Å²) in [5.74, 6) is -1.72. The number of rotatable bonds is 7. The third-order valence-electron chi connectivity index (χ3n) is 14.8. The highest BCUT2D eigenvalue weighted by atomic mass is 19.4. The highest BCUT2D eigenvalue weighted by molar-refractivity contribution is 6.10. The lowest BCUT2D eigenvalue weighted by atomic mass is 9.64. The van der Waals surface area contributed by atoms with Crippen molar-refractivity contribution in [2.45, 2.75) is 128 Å². The summed E-state index contributed by atoms with van der Waals surface area (Å²) >= 11 is 0. The maximum Gasteiger partial charge on any atom is 0.416 e. The Bertz CT molecular complexity index is 2100. The van der Waals surface area contributed by atoms with Crippen LogP contribution in [0.25, 0.3) is 0 Å². The monoisotopic (exact) mass is 785 g/mol. The van der Waals surface area contributed by atoms with Crippen LogP contribution in [0.15, 0.2) is 84.4 Å². The van der Waals surface area contributed by atoms with Crippen molar-refractivity contribution in [3.05, 3.63) is 118 Å². The summed E-state index contributed by atoms with van der Waals surface area (Å²) in [6.07, 6.45) is 0.854. The summed E-state index contributed by atoms with van der Waals surface area (Å²) in [6.45, 7) is 9.84. The van der Waals surface area contributed by atoms with E-state index in [-0.39, 0.29) is 48.9 Å². The first kappa shape index (κ1) is 40.9. The molecule has 3 aromatic carbocycles. The molecule has 4 bridgehead atoms. The number of halogens is 3. The maximum absolute atomic E-state index is 15.2. The molecule has 10 heteroatoms. The molecule has 2 saturated carbocycles. The zero-order valence-electron chi connectivity index (χ0n) is 33.5. The molecule has 6 unspecified atom stereocenters. The van der Waals surface area contributed by atoms with Crippen LogP contribution in [0.3, 0.4) is 0 Å². The Hall–Kier alpha value is -4.28. The fourth-order valence-corrected chi connectivity index (χ4v) is 10.5. The molecule has 0 radical (unpaired) electrons. The number of aliphatic hydroxyl groups excluding tert-OH is 1. The van der Waals surface area contributed by atoms with Crippen LogP contribution in [0.1, 0.15) is 130 Å². The van der Waals surface area contributed by atoms with E-state index in [9.17, 15) is 33.0 Å². The predicted octanol–water partition coefficient (Wildman–Crippen LogP) is 9.13. The average molecular weight is 786 g/mol. The van der Waals surface area contributed by atoms with Crippen molar-refractivity contribution in [3.8, 4) is 0 Å². The summed E-state index contributed by atoms with van der Waals surface area (Å²) in [5.41, 5.74) is -3.00. The lowest BCUT2D eigenvalue weighted by Crippen LogP contribution is -2.60. The minimum atomic E-state index is -4.64. The van der Waals surface area contributed by atoms with E-state index in [1.807, 2.05) is 77.1 Å². The Labute approximate surface area is 333 Å². The van der Waals surface area contributed by atoms with Crippen LogP contribution in [-0.4, -0.2) is 56.6 Å². The van der Waals surface area contributed by atoms with E-state index < -0.39 is 57.0 Å². The van der Waals surface area contributed by atoms with E-state index in [2.05, 4.69) is 6.08 Å². The molecule has 1 amide bonds. The van der Waals surface area contributed by atoms with Gasteiger partial charge in [-0.3, -0.25) is 14.4 Å². The first-order valence-electron chi connectivity index (χ1n) is 20.2. The Morgan fingerprint density at radius 1 is 0.912 bits per heavy atom. The van der Waals surface area contributed by atoms with Crippen LogP contribution < -0.4 is 0 Å². The van der Waals surface area contributed by atoms with Gasteiger partial charge in [0, 0.05) is 28.5 Å². The van der Waals surface area contributed by atoms with Crippen LogP contribution in [0, 0.1) is 16.2 Å². The van der Waals surface area contributed by atoms with Crippen LogP contribution in [0.4, 0.5) is 13.2 Å². The minimum Gasteiger partial charge on any atom is -0.448 e. The molecule has 4 aliphatic carbocycles. The summed E-state index contributed by atoms with van der Waals surface area (Å²) in [4.78, 5) is 44.6. The Kier molecular flexibility index (Phi) is 10.4. The summed E-state index contributed by atoms with van der Waals surface area (Å²) in [6, 6.07) is 19.4. The van der Waals surface area contributed by atoms with Crippen LogP contribution in [0.5, 0.6) is 0 Å². The SMILES string of the molecule is CC1=CCCC2(C)C(CCC2(O)CN(Cc2ccccc2)C(=O)C23CCC(C)(C(=O)O2)C3(C)C)c2ccc(cc2C(=O)c2cccc(C(F)(F)F)c2)CC(O)CC1. The number of carbonyl (C=O) groups is 3. The lowest BCUT2D eigenvalue weighted by Gasteiger charge is -2.47. The van der Waals surface area contributed by atoms with E-state index in [0.29, 0.717) is 56.1 Å². The van der Waals surface area contributed by atoms with Crippen molar-refractivity contribution in [2.75, 3.05) is 6.54 Å². The highest BCUT2D eigenvalue weighted by Gasteiger charge is 2.76. The van der Waals surface area contributed by atoms with E-state index in [1.54, 1.807) is 11.0 Å². The molecule has 0 spiro atoms. The third-order valence-corrected chi connectivity index (χ3v) is 14.8. The van der Waals surface area contributed by atoms with Crippen molar-refractivity contribution in [1.29, 1.82) is 0 Å². The minimum absolute atomic E-state index is 0.0658. The molecule has 3 aromatic rings. The molecule has 5 aliphatic rings. The topological polar surface area (TPSA) is 104 Å². The molecule has 1 saturated heterocycles. The summed E-state index contributed by atoms with van der Waals surface area (Å²) in [7, 11) is 0. The molecule has 3 fully saturated rings. The fraction of sp³-hybridized carbons (Fsp3) is 0.511. The van der Waals surface area contributed by atoms with Gasteiger partial charge in [-0.1, -0.05) is 87.0 Å². The number of aliphatic hydroxyl groups is 2. The van der Waals surface area contributed by atoms with Gasteiger partial charge in [0.15, 0.2) is 11.4 Å². The second-order valence-corrected chi connectivity index (χ2v) is 18.2. The third kappa shape index (κ3) is 6.84. The van der Waals surface area contributed by atoms with E-state index in [0.717, 1.165) is 23.3 Å². The van der Waals surface area contributed by atoms with Gasteiger partial charge in [0.05, 0.1) is 29.2 Å². The zero-order chi connectivity index (χ0) is 41.2. The molecule has 0 aromatic heterocycles. The number of hydrogen-bond acceptors (Lipinski definition) is 6. The molecule has 1 aliphatic heterocycles. The molecule has 7 nitrogen and oxygen atoms in total. The van der Waals surface area contributed by atoms with Gasteiger partial charge in [-0.2, -0.15) is 13.2 Å². The molecule has 2 N–H and O–H groups in total. The van der Waals surface area contributed by atoms with Crippen LogP contribution in [-0.2, 0) is 33.5 Å². The number of carbonyl (C=O) groups excluding carboxylic acids is 3. The molecule has 8 rings (SSSR count). The number of amides is 1. The fourth-order valence-electron chi connectivity index (χ4n) is 10.5. The first-order chi connectivity index (χ1) is 26.7. The molecule has 57 heavy (non-hydrogen) atoms. The van der Waals surface area contributed by atoms with Crippen molar-refractivity contribution in [2.24, 2.45) is 16.2 Å². The van der Waals surface area contributed by atoms with Gasteiger partial charge in [0.1, 0.15) is 0 Å². The number of fused-ring (bicyclic) bond motifs is 10. The highest BCUT2D eigenvalue weighted by Crippen LogP contribution is 2.66. The smallest absolute Gasteiger partial charge is 0.416 e. The quantitative estimate of drug-likeness (QED) is 0.141. The van der Waals surface area contributed by atoms with E-state index in [1.165, 1.54) is 12.1 Å². The standard InChI is InChI=1S/C47H54F3NO6/c1-30-11-10-21-43(4)38(36-19-17-32(25-35(52)18-16-30)26-37(36)39(53)33-14-9-15-34(27-33)47(48,49)50)20-22-45(43,56)29-51(28-31-12-7-6-8-13-31)40(54)46-24-23-44(5,41(55)57-46)42(46,2)3/h6-9,11-15,17,19,26-27,35,38,52,56H,10,16,18,20-25,28-29H2,1-5H3. The number of ketones is 1.